The molecule has 1 saturated carbocycles. The first-order chi connectivity index (χ1) is 29.3. The standard InChI is InChI=1S/C39H34ClF10N7O5S2/c1-36(2,63(3,59)60)10-9-21-5-6-22(23-7-8-26(40)30-32(23)57(17-37(43,44)45)54-35(30)55-64(4,61)62)31(51-21)27(13-18-11-19(41)14-20(42)12-18)52-28(58)16-56-34-29(33(53-56)39(48,49)50)24-15-25(24)38(34,46)47/h5-8,11-12,14,24-25,27,33,53H,13,15-17H2,1-4H3,(H,52,58)(H,54,55). The van der Waals surface area contributed by atoms with Crippen molar-refractivity contribution < 1.29 is 65.5 Å². The lowest BCUT2D eigenvalue weighted by Gasteiger charge is -2.29. The van der Waals surface area contributed by atoms with Crippen LogP contribution in [0.25, 0.3) is 22.0 Å². The van der Waals surface area contributed by atoms with Crippen molar-refractivity contribution in [3.8, 4) is 23.0 Å². The average molecular weight is 970 g/mol. The van der Waals surface area contributed by atoms with Crippen molar-refractivity contribution in [1.29, 1.82) is 0 Å². The van der Waals surface area contributed by atoms with Crippen LogP contribution in [0.2, 0.25) is 5.02 Å². The number of halogens is 11. The molecule has 7 rings (SSSR count). The maximum atomic E-state index is 15.5. The van der Waals surface area contributed by atoms with Crippen molar-refractivity contribution in [3.05, 3.63) is 87.3 Å². The molecule has 3 aliphatic rings. The molecule has 64 heavy (non-hydrogen) atoms. The van der Waals surface area contributed by atoms with E-state index in [1.165, 1.54) is 38.1 Å². The van der Waals surface area contributed by atoms with Crippen LogP contribution in [0.5, 0.6) is 0 Å². The summed E-state index contributed by atoms with van der Waals surface area (Å²) in [6.45, 7) is -0.456. The second kappa shape index (κ2) is 15.8. The van der Waals surface area contributed by atoms with Crippen molar-refractivity contribution in [3.63, 3.8) is 0 Å². The van der Waals surface area contributed by atoms with E-state index < -0.39 is 126 Å². The van der Waals surface area contributed by atoms with Gasteiger partial charge in [-0.3, -0.25) is 19.2 Å². The van der Waals surface area contributed by atoms with E-state index in [1.54, 1.807) is 0 Å². The summed E-state index contributed by atoms with van der Waals surface area (Å²) >= 11 is 6.46. The molecule has 2 aromatic heterocycles. The van der Waals surface area contributed by atoms with E-state index in [0.717, 1.165) is 18.4 Å². The summed E-state index contributed by atoms with van der Waals surface area (Å²) in [5.74, 6) is -5.18. The molecule has 0 radical (unpaired) electrons. The number of sulfone groups is 1. The van der Waals surface area contributed by atoms with Crippen molar-refractivity contribution in [2.45, 2.75) is 68.3 Å². The number of amides is 1. The van der Waals surface area contributed by atoms with Gasteiger partial charge in [0.2, 0.25) is 15.9 Å². The SMILES string of the molecule is CC(C)(C#Cc1ccc(-c2ccc(Cl)c3c(NS(C)(=O)=O)nn(CC(F)(F)F)c23)c(C(Cc2cc(F)cc(F)c2)NC(=O)CN2NC(C(F)(F)F)C3=C2C(F)(F)C2CC32)n1)S(C)(=O)=O. The topological polar surface area (TPSA) is 155 Å². The van der Waals surface area contributed by atoms with E-state index in [9.17, 15) is 56.8 Å². The minimum Gasteiger partial charge on any atom is -0.346 e. The number of benzene rings is 2. The third-order valence-corrected chi connectivity index (χ3v) is 13.7. The number of hydrazine groups is 1. The molecule has 3 heterocycles. The number of alkyl halides is 8. The fourth-order valence-corrected chi connectivity index (χ4v) is 8.74. The van der Waals surface area contributed by atoms with Gasteiger partial charge in [0.05, 0.1) is 33.9 Å². The highest BCUT2D eigenvalue weighted by Gasteiger charge is 2.71. The van der Waals surface area contributed by atoms with Crippen molar-refractivity contribution in [2.75, 3.05) is 23.8 Å². The van der Waals surface area contributed by atoms with Crippen molar-refractivity contribution in [2.24, 2.45) is 11.8 Å². The summed E-state index contributed by atoms with van der Waals surface area (Å²) in [6, 6.07) is 2.78. The van der Waals surface area contributed by atoms with Crippen LogP contribution in [0.4, 0.5) is 49.7 Å². The summed E-state index contributed by atoms with van der Waals surface area (Å²) < 4.78 is 195. The molecule has 0 spiro atoms. The fraction of sp³-hybridized carbons (Fsp3) is 0.410. The molecule has 3 N–H and O–H groups in total. The van der Waals surface area contributed by atoms with Gasteiger partial charge < -0.3 is 5.32 Å². The smallest absolute Gasteiger partial charge is 0.346 e. The fourth-order valence-electron chi connectivity index (χ4n) is 7.77. The summed E-state index contributed by atoms with van der Waals surface area (Å²) in [5.41, 5.74) is -1.30. The van der Waals surface area contributed by atoms with Gasteiger partial charge in [0.15, 0.2) is 15.7 Å². The molecule has 1 fully saturated rings. The third-order valence-electron chi connectivity index (χ3n) is 10.9. The van der Waals surface area contributed by atoms with Crippen LogP contribution in [0, 0.1) is 35.3 Å². The predicted molar refractivity (Wildman–Crippen MR) is 212 cm³/mol. The van der Waals surface area contributed by atoms with E-state index in [2.05, 4.69) is 27.2 Å². The second-order valence-corrected chi connectivity index (χ2v) is 20.9. The quantitative estimate of drug-likeness (QED) is 0.108. The minimum atomic E-state index is -5.05. The zero-order chi connectivity index (χ0) is 47.3. The molecule has 0 bridgehead atoms. The van der Waals surface area contributed by atoms with Crippen LogP contribution in [0.15, 0.2) is 53.7 Å². The highest BCUT2D eigenvalue weighted by Crippen LogP contribution is 2.66. The van der Waals surface area contributed by atoms with E-state index in [4.69, 9.17) is 11.6 Å². The molecule has 4 unspecified atom stereocenters. The van der Waals surface area contributed by atoms with Crippen LogP contribution >= 0.6 is 11.6 Å². The average Bonchev–Trinajstić information content (AvgIpc) is 3.66. The Morgan fingerprint density at radius 1 is 1.00 bits per heavy atom. The molecule has 2 aromatic carbocycles. The number of hydrogen-bond donors (Lipinski definition) is 3. The van der Waals surface area contributed by atoms with Gasteiger partial charge in [0, 0.05) is 29.4 Å². The number of fused-ring (bicyclic) bond motifs is 3. The molecule has 25 heteroatoms. The van der Waals surface area contributed by atoms with Gasteiger partial charge in [-0.25, -0.2) is 36.0 Å². The normalized spacial score (nSPS) is 20.2. The first-order valence-electron chi connectivity index (χ1n) is 18.8. The molecular formula is C39H34ClF10N7O5S2. The molecule has 2 aliphatic carbocycles. The monoisotopic (exact) mass is 969 g/mol. The van der Waals surface area contributed by atoms with Gasteiger partial charge in [0.1, 0.15) is 46.9 Å². The van der Waals surface area contributed by atoms with E-state index in [0.29, 0.717) is 22.0 Å². The summed E-state index contributed by atoms with van der Waals surface area (Å²) in [4.78, 5) is 18.5. The Hall–Kier alpha value is -5.12. The number of carbonyl (C=O) groups is 1. The number of allylic oxidation sites excluding steroid dienone is 1. The highest BCUT2D eigenvalue weighted by molar-refractivity contribution is 7.92. The first kappa shape index (κ1) is 46.9. The maximum absolute atomic E-state index is 15.5. The Balaban J connectivity index is 1.42. The number of sulfonamides is 1. The Kier molecular flexibility index (Phi) is 11.6. The molecule has 1 amide bonds. The van der Waals surface area contributed by atoms with Crippen LogP contribution < -0.4 is 15.5 Å². The van der Waals surface area contributed by atoms with E-state index in [-0.39, 0.29) is 44.9 Å². The molecule has 344 valence electrons. The predicted octanol–water partition coefficient (Wildman–Crippen LogP) is 6.83. The third kappa shape index (κ3) is 9.34. The Labute approximate surface area is 363 Å². The zero-order valence-corrected chi connectivity index (χ0v) is 35.9. The molecule has 4 atom stereocenters. The first-order valence-corrected chi connectivity index (χ1v) is 23.0. The van der Waals surface area contributed by atoms with Crippen LogP contribution in [0.3, 0.4) is 0 Å². The number of anilines is 1. The maximum Gasteiger partial charge on any atom is 0.409 e. The second-order valence-electron chi connectivity index (χ2n) is 16.1. The highest BCUT2D eigenvalue weighted by atomic mass is 35.5. The van der Waals surface area contributed by atoms with Crippen LogP contribution in [-0.4, -0.2) is 90.6 Å². The van der Waals surface area contributed by atoms with E-state index in [1.807, 2.05) is 10.1 Å². The number of nitrogens with one attached hydrogen (secondary N) is 3. The largest absolute Gasteiger partial charge is 0.409 e. The van der Waals surface area contributed by atoms with Crippen LogP contribution in [-0.2, 0) is 37.6 Å². The van der Waals surface area contributed by atoms with Gasteiger partial charge in [-0.15, -0.1) is 0 Å². The molecule has 0 saturated heterocycles. The Morgan fingerprint density at radius 3 is 2.23 bits per heavy atom. The Morgan fingerprint density at radius 2 is 1.64 bits per heavy atom. The minimum absolute atomic E-state index is 0.183. The number of rotatable bonds is 11. The van der Waals surface area contributed by atoms with E-state index >= 15 is 8.78 Å². The van der Waals surface area contributed by atoms with Gasteiger partial charge in [-0.1, -0.05) is 23.6 Å². The van der Waals surface area contributed by atoms with Crippen molar-refractivity contribution >= 4 is 54.1 Å². The van der Waals surface area contributed by atoms with Crippen molar-refractivity contribution in [1.82, 2.24) is 30.5 Å². The van der Waals surface area contributed by atoms with Gasteiger partial charge in [-0.05, 0) is 80.0 Å². The lowest BCUT2D eigenvalue weighted by atomic mass is 9.93. The number of nitrogens with zero attached hydrogens (tertiary/aromatic N) is 4. The number of carbonyl (C=O) groups excluding carboxylic acids is 1. The number of pyridine rings is 1. The van der Waals surface area contributed by atoms with Crippen LogP contribution in [0.1, 0.15) is 43.3 Å². The van der Waals surface area contributed by atoms with Gasteiger partial charge >= 0.3 is 12.4 Å². The van der Waals surface area contributed by atoms with Gasteiger partial charge in [-0.2, -0.15) is 40.2 Å². The lowest BCUT2D eigenvalue weighted by molar-refractivity contribution is -0.155. The van der Waals surface area contributed by atoms with Gasteiger partial charge in [0.25, 0.3) is 5.92 Å². The number of aromatic nitrogens is 3. The summed E-state index contributed by atoms with van der Waals surface area (Å²) in [6.07, 6.45) is -9.25. The lowest BCUT2D eigenvalue weighted by Crippen LogP contribution is -2.51. The molecule has 4 aromatic rings. The molecule has 12 nitrogen and oxygen atoms in total. The molecular weight excluding hydrogens is 936 g/mol. The Bertz CT molecular complexity index is 2910. The number of hydrogen-bond acceptors (Lipinski definition) is 9. The summed E-state index contributed by atoms with van der Waals surface area (Å²) in [5, 5.41) is 6.08. The zero-order valence-electron chi connectivity index (χ0n) is 33.5. The molecule has 1 aliphatic heterocycles. The summed E-state index contributed by atoms with van der Waals surface area (Å²) in [7, 11) is -8.05.